The van der Waals surface area contributed by atoms with Crippen LogP contribution in [0.4, 0.5) is 0 Å². The van der Waals surface area contributed by atoms with Crippen LogP contribution in [0.25, 0.3) is 0 Å². The summed E-state index contributed by atoms with van der Waals surface area (Å²) in [7, 11) is 0. The lowest BCUT2D eigenvalue weighted by Crippen LogP contribution is -2.46. The van der Waals surface area contributed by atoms with Gasteiger partial charge in [-0.2, -0.15) is 0 Å². The highest BCUT2D eigenvalue weighted by Crippen LogP contribution is 2.28. The molecule has 1 atom stereocenters. The van der Waals surface area contributed by atoms with Crippen molar-refractivity contribution in [1.82, 2.24) is 5.32 Å². The van der Waals surface area contributed by atoms with Gasteiger partial charge in [-0.25, -0.2) is 0 Å². The Morgan fingerprint density at radius 2 is 1.82 bits per heavy atom. The molecule has 3 rings (SSSR count). The lowest BCUT2D eigenvalue weighted by atomic mass is 9.80. The molecule has 1 aliphatic rings. The van der Waals surface area contributed by atoms with E-state index in [9.17, 15) is 9.90 Å². The zero-order valence-corrected chi connectivity index (χ0v) is 12.8. The monoisotopic (exact) mass is 295 g/mol. The second kappa shape index (κ2) is 5.93. The van der Waals surface area contributed by atoms with Crippen LogP contribution in [0.3, 0.4) is 0 Å². The van der Waals surface area contributed by atoms with Gasteiger partial charge in [-0.15, -0.1) is 0 Å². The molecule has 1 amide bonds. The molecule has 1 aliphatic carbocycles. The maximum atomic E-state index is 12.3. The van der Waals surface area contributed by atoms with Gasteiger partial charge in [0.2, 0.25) is 0 Å². The minimum atomic E-state index is -0.854. The number of amides is 1. The number of benzene rings is 2. The summed E-state index contributed by atoms with van der Waals surface area (Å²) < 4.78 is 0. The first-order valence-electron chi connectivity index (χ1n) is 7.70. The van der Waals surface area contributed by atoms with Gasteiger partial charge in [0.25, 0.3) is 5.91 Å². The molecule has 22 heavy (non-hydrogen) atoms. The number of hydrogen-bond acceptors (Lipinski definition) is 2. The molecule has 0 aliphatic heterocycles. The normalized spacial score (nSPS) is 20.3. The van der Waals surface area contributed by atoms with Crippen LogP contribution in [0, 0.1) is 6.92 Å². The minimum Gasteiger partial charge on any atom is -0.388 e. The van der Waals surface area contributed by atoms with E-state index in [4.69, 9.17) is 0 Å². The molecule has 0 radical (unpaired) electrons. The lowest BCUT2D eigenvalue weighted by molar-refractivity contribution is 0.0260. The van der Waals surface area contributed by atoms with Crippen molar-refractivity contribution in [3.8, 4) is 0 Å². The number of carbonyl (C=O) groups is 1. The van der Waals surface area contributed by atoms with Gasteiger partial charge in [-0.3, -0.25) is 4.79 Å². The number of aliphatic hydroxyl groups is 1. The molecule has 0 spiro atoms. The van der Waals surface area contributed by atoms with E-state index in [0.29, 0.717) is 18.4 Å². The minimum absolute atomic E-state index is 0.120. The molecular weight excluding hydrogens is 274 g/mol. The zero-order chi connectivity index (χ0) is 15.6. The van der Waals surface area contributed by atoms with E-state index in [-0.39, 0.29) is 12.5 Å². The predicted molar refractivity (Wildman–Crippen MR) is 86.9 cm³/mol. The first-order valence-corrected chi connectivity index (χ1v) is 7.70. The van der Waals surface area contributed by atoms with Crippen molar-refractivity contribution in [3.05, 3.63) is 70.8 Å². The maximum absolute atomic E-state index is 12.3. The number of aryl methyl sites for hydroxylation is 2. The molecule has 1 unspecified atom stereocenters. The SMILES string of the molecule is Cc1ccccc1C(=O)NCC1(O)CCc2ccccc2C1. The van der Waals surface area contributed by atoms with Crippen LogP contribution in [-0.2, 0) is 12.8 Å². The van der Waals surface area contributed by atoms with Gasteiger partial charge in [0.05, 0.1) is 5.60 Å². The molecule has 2 aromatic rings. The van der Waals surface area contributed by atoms with Crippen molar-refractivity contribution in [2.45, 2.75) is 31.8 Å². The Kier molecular flexibility index (Phi) is 3.99. The van der Waals surface area contributed by atoms with Crippen molar-refractivity contribution >= 4 is 5.91 Å². The highest BCUT2D eigenvalue weighted by atomic mass is 16.3. The molecule has 0 heterocycles. The fourth-order valence-corrected chi connectivity index (χ4v) is 3.10. The summed E-state index contributed by atoms with van der Waals surface area (Å²) in [5, 5.41) is 13.7. The Balaban J connectivity index is 1.67. The average molecular weight is 295 g/mol. The molecule has 3 heteroatoms. The van der Waals surface area contributed by atoms with E-state index >= 15 is 0 Å². The molecule has 2 N–H and O–H groups in total. The Morgan fingerprint density at radius 1 is 1.14 bits per heavy atom. The van der Waals surface area contributed by atoms with E-state index in [1.54, 1.807) is 0 Å². The maximum Gasteiger partial charge on any atom is 0.251 e. The second-order valence-corrected chi connectivity index (χ2v) is 6.17. The van der Waals surface area contributed by atoms with Crippen molar-refractivity contribution in [3.63, 3.8) is 0 Å². The fourth-order valence-electron chi connectivity index (χ4n) is 3.10. The molecule has 0 bridgehead atoms. The van der Waals surface area contributed by atoms with Gasteiger partial charge in [-0.05, 0) is 42.5 Å². The Morgan fingerprint density at radius 3 is 2.59 bits per heavy atom. The number of rotatable bonds is 3. The summed E-state index contributed by atoms with van der Waals surface area (Å²) in [5.74, 6) is -0.120. The smallest absolute Gasteiger partial charge is 0.251 e. The largest absolute Gasteiger partial charge is 0.388 e. The summed E-state index contributed by atoms with van der Waals surface area (Å²) in [5.41, 5.74) is 3.24. The van der Waals surface area contributed by atoms with Gasteiger partial charge in [0.1, 0.15) is 0 Å². The summed E-state index contributed by atoms with van der Waals surface area (Å²) in [4.78, 5) is 12.3. The van der Waals surface area contributed by atoms with E-state index in [0.717, 1.165) is 12.0 Å². The standard InChI is InChI=1S/C19H21NO2/c1-14-6-2-5-9-17(14)18(21)20-13-19(22)11-10-15-7-3-4-8-16(15)12-19/h2-9,22H,10-13H2,1H3,(H,20,21). The van der Waals surface area contributed by atoms with Crippen molar-refractivity contribution in [2.24, 2.45) is 0 Å². The van der Waals surface area contributed by atoms with E-state index in [1.165, 1.54) is 11.1 Å². The lowest BCUT2D eigenvalue weighted by Gasteiger charge is -2.33. The van der Waals surface area contributed by atoms with Crippen molar-refractivity contribution in [2.75, 3.05) is 6.54 Å². The molecule has 0 saturated heterocycles. The van der Waals surface area contributed by atoms with Gasteiger partial charge >= 0.3 is 0 Å². The van der Waals surface area contributed by atoms with E-state index in [1.807, 2.05) is 43.3 Å². The Labute approximate surface area is 131 Å². The predicted octanol–water partition coefficient (Wildman–Crippen LogP) is 2.64. The van der Waals surface area contributed by atoms with Crippen molar-refractivity contribution < 1.29 is 9.90 Å². The molecule has 0 aromatic heterocycles. The molecule has 114 valence electrons. The van der Waals surface area contributed by atoms with E-state index in [2.05, 4.69) is 17.4 Å². The van der Waals surface area contributed by atoms with Crippen LogP contribution < -0.4 is 5.32 Å². The molecule has 0 saturated carbocycles. The first kappa shape index (κ1) is 14.8. The van der Waals surface area contributed by atoms with E-state index < -0.39 is 5.60 Å². The number of nitrogens with one attached hydrogen (secondary N) is 1. The van der Waals surface area contributed by atoms with Gasteiger partial charge < -0.3 is 10.4 Å². The van der Waals surface area contributed by atoms with Gasteiger partial charge in [-0.1, -0.05) is 42.5 Å². The average Bonchev–Trinajstić information content (AvgIpc) is 2.53. The van der Waals surface area contributed by atoms with Gasteiger partial charge in [0, 0.05) is 18.5 Å². The summed E-state index contributed by atoms with van der Waals surface area (Å²) in [6.45, 7) is 2.20. The fraction of sp³-hybridized carbons (Fsp3) is 0.316. The summed E-state index contributed by atoms with van der Waals surface area (Å²) in [6.07, 6.45) is 2.13. The van der Waals surface area contributed by atoms with Crippen LogP contribution >= 0.6 is 0 Å². The van der Waals surface area contributed by atoms with Crippen LogP contribution in [-0.4, -0.2) is 23.2 Å². The first-order chi connectivity index (χ1) is 10.6. The Bertz CT molecular complexity index is 695. The number of fused-ring (bicyclic) bond motifs is 1. The van der Waals surface area contributed by atoms with Crippen LogP contribution in [0.2, 0.25) is 0 Å². The quantitative estimate of drug-likeness (QED) is 0.914. The highest BCUT2D eigenvalue weighted by molar-refractivity contribution is 5.95. The Hall–Kier alpha value is -2.13. The van der Waals surface area contributed by atoms with Crippen LogP contribution in [0.5, 0.6) is 0 Å². The summed E-state index contributed by atoms with van der Waals surface area (Å²) in [6, 6.07) is 15.7. The summed E-state index contributed by atoms with van der Waals surface area (Å²) >= 11 is 0. The number of carbonyl (C=O) groups excluding carboxylic acids is 1. The third kappa shape index (κ3) is 3.04. The second-order valence-electron chi connectivity index (χ2n) is 6.17. The van der Waals surface area contributed by atoms with Gasteiger partial charge in [0.15, 0.2) is 0 Å². The molecule has 3 nitrogen and oxygen atoms in total. The highest BCUT2D eigenvalue weighted by Gasteiger charge is 2.32. The van der Waals surface area contributed by atoms with Crippen LogP contribution in [0.15, 0.2) is 48.5 Å². The topological polar surface area (TPSA) is 49.3 Å². The third-order valence-corrected chi connectivity index (χ3v) is 4.47. The molecular formula is C19H21NO2. The third-order valence-electron chi connectivity index (χ3n) is 4.47. The molecule has 0 fully saturated rings. The van der Waals surface area contributed by atoms with Crippen molar-refractivity contribution in [1.29, 1.82) is 0 Å². The molecule has 2 aromatic carbocycles. The number of hydrogen-bond donors (Lipinski definition) is 2. The zero-order valence-electron chi connectivity index (χ0n) is 12.8. The van der Waals surface area contributed by atoms with Crippen LogP contribution in [0.1, 0.15) is 33.5 Å².